The van der Waals surface area contributed by atoms with Crippen molar-refractivity contribution in [1.82, 2.24) is 9.97 Å². The second-order valence-corrected chi connectivity index (χ2v) is 6.89. The number of aromatic nitrogens is 2. The van der Waals surface area contributed by atoms with Crippen molar-refractivity contribution in [2.75, 3.05) is 5.32 Å². The van der Waals surface area contributed by atoms with Crippen molar-refractivity contribution in [3.05, 3.63) is 16.7 Å². The fourth-order valence-corrected chi connectivity index (χ4v) is 2.81. The smallest absolute Gasteiger partial charge is 0.305 e. The van der Waals surface area contributed by atoms with E-state index in [0.29, 0.717) is 5.82 Å². The third kappa shape index (κ3) is 3.37. The molecule has 0 amide bonds. The van der Waals surface area contributed by atoms with Gasteiger partial charge in [-0.1, -0.05) is 20.8 Å². The molecule has 2 aromatic heterocycles. The molecular formula is C13H16ClN3O2S. The Morgan fingerprint density at radius 3 is 2.80 bits per heavy atom. The maximum absolute atomic E-state index is 11.0. The van der Waals surface area contributed by atoms with E-state index in [0.717, 1.165) is 10.2 Å². The highest BCUT2D eigenvalue weighted by Crippen LogP contribution is 2.31. The summed E-state index contributed by atoms with van der Waals surface area (Å²) in [5.41, 5.74) is 0.542. The lowest BCUT2D eigenvalue weighted by Crippen LogP contribution is -2.36. The van der Waals surface area contributed by atoms with Crippen LogP contribution in [0.3, 0.4) is 0 Å². The normalized spacial score (nSPS) is 13.4. The summed E-state index contributed by atoms with van der Waals surface area (Å²) in [4.78, 5) is 19.4. The molecule has 2 N–H and O–H groups in total. The molecule has 2 heterocycles. The largest absolute Gasteiger partial charge is 0.481 e. The minimum Gasteiger partial charge on any atom is -0.481 e. The molecule has 2 aromatic rings. The summed E-state index contributed by atoms with van der Waals surface area (Å²) >= 11 is 7.41. The van der Waals surface area contributed by atoms with E-state index in [1.54, 1.807) is 0 Å². The van der Waals surface area contributed by atoms with Crippen molar-refractivity contribution >= 4 is 44.9 Å². The van der Waals surface area contributed by atoms with Gasteiger partial charge >= 0.3 is 5.97 Å². The van der Waals surface area contributed by atoms with Crippen molar-refractivity contribution in [2.24, 2.45) is 5.41 Å². The van der Waals surface area contributed by atoms with Crippen LogP contribution in [-0.2, 0) is 4.79 Å². The molecule has 0 aromatic carbocycles. The summed E-state index contributed by atoms with van der Waals surface area (Å²) in [6.07, 6.45) is 0.0119. The Balaban J connectivity index is 2.37. The third-order valence-electron chi connectivity index (χ3n) is 3.01. The molecule has 2 rings (SSSR count). The van der Waals surface area contributed by atoms with Crippen molar-refractivity contribution in [3.63, 3.8) is 0 Å². The van der Waals surface area contributed by atoms with Gasteiger partial charge in [0.05, 0.1) is 16.6 Å². The van der Waals surface area contributed by atoms with E-state index in [1.165, 1.54) is 11.3 Å². The van der Waals surface area contributed by atoms with Crippen molar-refractivity contribution in [2.45, 2.75) is 33.2 Å². The average molecular weight is 314 g/mol. The van der Waals surface area contributed by atoms with Gasteiger partial charge in [0.25, 0.3) is 0 Å². The lowest BCUT2D eigenvalue weighted by atomic mass is 9.85. The molecule has 0 radical (unpaired) electrons. The van der Waals surface area contributed by atoms with Crippen molar-refractivity contribution in [1.29, 1.82) is 0 Å². The second kappa shape index (κ2) is 5.54. The maximum Gasteiger partial charge on any atom is 0.305 e. The number of nitrogens with zero attached hydrogens (tertiary/aromatic N) is 2. The molecule has 0 aliphatic carbocycles. The van der Waals surface area contributed by atoms with Crippen LogP contribution in [0.2, 0.25) is 5.28 Å². The number of aliphatic carboxylic acids is 1. The van der Waals surface area contributed by atoms with Gasteiger partial charge in [0, 0.05) is 6.04 Å². The number of nitrogens with one attached hydrogen (secondary N) is 1. The van der Waals surface area contributed by atoms with Crippen LogP contribution in [0.4, 0.5) is 5.82 Å². The lowest BCUT2D eigenvalue weighted by Gasteiger charge is -2.30. The number of thiophene rings is 1. The average Bonchev–Trinajstić information content (AvgIpc) is 2.74. The monoisotopic (exact) mass is 313 g/mol. The Morgan fingerprint density at radius 1 is 1.50 bits per heavy atom. The quantitative estimate of drug-likeness (QED) is 0.843. The van der Waals surface area contributed by atoms with Gasteiger partial charge in [0.1, 0.15) is 5.82 Å². The van der Waals surface area contributed by atoms with Gasteiger partial charge < -0.3 is 10.4 Å². The Bertz CT molecular complexity index is 636. The van der Waals surface area contributed by atoms with E-state index in [-0.39, 0.29) is 23.2 Å². The van der Waals surface area contributed by atoms with Crippen LogP contribution >= 0.6 is 22.9 Å². The number of halogens is 1. The predicted molar refractivity (Wildman–Crippen MR) is 81.5 cm³/mol. The van der Waals surface area contributed by atoms with Crippen LogP contribution in [0.5, 0.6) is 0 Å². The van der Waals surface area contributed by atoms with E-state index in [2.05, 4.69) is 15.3 Å². The first kappa shape index (κ1) is 15.0. The van der Waals surface area contributed by atoms with Crippen LogP contribution in [-0.4, -0.2) is 27.1 Å². The summed E-state index contributed by atoms with van der Waals surface area (Å²) in [6, 6.07) is 1.61. The topological polar surface area (TPSA) is 75.1 Å². The maximum atomic E-state index is 11.0. The first-order chi connectivity index (χ1) is 9.27. The molecule has 5 nitrogen and oxygen atoms in total. The molecule has 0 spiro atoms. The number of carbonyl (C=O) groups is 1. The van der Waals surface area contributed by atoms with E-state index in [1.807, 2.05) is 32.2 Å². The van der Waals surface area contributed by atoms with Crippen LogP contribution in [0.1, 0.15) is 27.2 Å². The molecule has 0 unspecified atom stereocenters. The van der Waals surface area contributed by atoms with E-state index in [9.17, 15) is 4.79 Å². The van der Waals surface area contributed by atoms with Gasteiger partial charge in [0.2, 0.25) is 5.28 Å². The fourth-order valence-electron chi connectivity index (χ4n) is 1.85. The number of hydrogen-bond donors (Lipinski definition) is 2. The van der Waals surface area contributed by atoms with Crippen molar-refractivity contribution in [3.8, 4) is 0 Å². The molecule has 0 fully saturated rings. The number of hydrogen-bond acceptors (Lipinski definition) is 5. The minimum absolute atomic E-state index is 0.0119. The number of carboxylic acid groups (broad SMARTS) is 1. The number of carboxylic acids is 1. The molecule has 0 aliphatic heterocycles. The molecule has 108 valence electrons. The van der Waals surface area contributed by atoms with Gasteiger partial charge in [-0.2, -0.15) is 4.98 Å². The summed E-state index contributed by atoms with van der Waals surface area (Å²) in [5, 5.41) is 14.3. The van der Waals surface area contributed by atoms with Gasteiger partial charge in [-0.25, -0.2) is 4.98 Å². The van der Waals surface area contributed by atoms with Gasteiger partial charge in [0.15, 0.2) is 0 Å². The van der Waals surface area contributed by atoms with Gasteiger partial charge in [-0.3, -0.25) is 4.79 Å². The minimum atomic E-state index is -0.847. The zero-order valence-corrected chi connectivity index (χ0v) is 13.0. The number of anilines is 1. The Hall–Kier alpha value is -1.40. The van der Waals surface area contributed by atoms with Crippen LogP contribution in [0, 0.1) is 5.41 Å². The molecular weight excluding hydrogens is 298 g/mol. The van der Waals surface area contributed by atoms with E-state index in [4.69, 9.17) is 16.7 Å². The molecule has 0 saturated heterocycles. The summed E-state index contributed by atoms with van der Waals surface area (Å²) in [7, 11) is 0. The highest BCUT2D eigenvalue weighted by atomic mass is 35.5. The molecule has 0 saturated carbocycles. The third-order valence-corrected chi connectivity index (χ3v) is 4.09. The summed E-state index contributed by atoms with van der Waals surface area (Å²) < 4.78 is 0.883. The second-order valence-electron chi connectivity index (χ2n) is 5.64. The van der Waals surface area contributed by atoms with Gasteiger partial charge in [-0.05, 0) is 28.5 Å². The first-order valence-electron chi connectivity index (χ1n) is 6.16. The first-order valence-corrected chi connectivity index (χ1v) is 7.42. The Morgan fingerprint density at radius 2 is 2.20 bits per heavy atom. The van der Waals surface area contributed by atoms with Crippen LogP contribution in [0.25, 0.3) is 10.2 Å². The SMILES string of the molecule is CC(C)(C)[C@@H](CC(=O)O)Nc1nc(Cl)nc2ccsc12. The van der Waals surface area contributed by atoms with Crippen LogP contribution < -0.4 is 5.32 Å². The molecule has 20 heavy (non-hydrogen) atoms. The molecule has 7 heteroatoms. The van der Waals surface area contributed by atoms with E-state index >= 15 is 0 Å². The van der Waals surface area contributed by atoms with Crippen molar-refractivity contribution < 1.29 is 9.90 Å². The number of fused-ring (bicyclic) bond motifs is 1. The Labute approximate surface area is 126 Å². The zero-order valence-electron chi connectivity index (χ0n) is 11.5. The van der Waals surface area contributed by atoms with Crippen LogP contribution in [0.15, 0.2) is 11.4 Å². The fraction of sp³-hybridized carbons (Fsp3) is 0.462. The Kier molecular flexibility index (Phi) is 4.15. The highest BCUT2D eigenvalue weighted by Gasteiger charge is 2.28. The highest BCUT2D eigenvalue weighted by molar-refractivity contribution is 7.17. The molecule has 0 bridgehead atoms. The van der Waals surface area contributed by atoms with E-state index < -0.39 is 5.97 Å². The standard InChI is InChI=1S/C13H16ClN3O2S/c1-13(2,3)8(6-9(18)19)16-11-10-7(4-5-20-10)15-12(14)17-11/h4-5,8H,6H2,1-3H3,(H,18,19)(H,15,16,17)/t8-/m1/s1. The lowest BCUT2D eigenvalue weighted by molar-refractivity contribution is -0.137. The molecule has 0 aliphatic rings. The predicted octanol–water partition coefficient (Wildman–Crippen LogP) is 3.65. The zero-order chi connectivity index (χ0) is 14.9. The van der Waals surface area contributed by atoms with Gasteiger partial charge in [-0.15, -0.1) is 11.3 Å². The summed E-state index contributed by atoms with van der Waals surface area (Å²) in [6.45, 7) is 5.96. The summed E-state index contributed by atoms with van der Waals surface area (Å²) in [5.74, 6) is -0.254. The number of rotatable bonds is 4. The molecule has 1 atom stereocenters.